The average Bonchev–Trinajstić information content (AvgIpc) is 3.06. The minimum Gasteiger partial charge on any atom is -0.442 e. The van der Waals surface area contributed by atoms with Gasteiger partial charge in [0.25, 0.3) is 0 Å². The van der Waals surface area contributed by atoms with Gasteiger partial charge in [-0.25, -0.2) is 9.18 Å². The second kappa shape index (κ2) is 6.58. The number of nitrogens with one attached hydrogen (secondary N) is 1. The zero-order chi connectivity index (χ0) is 18.1. The zero-order valence-electron chi connectivity index (χ0n) is 14.2. The van der Waals surface area contributed by atoms with Crippen molar-refractivity contribution in [3.05, 3.63) is 23.5 Å². The van der Waals surface area contributed by atoms with E-state index in [2.05, 4.69) is 10.5 Å². The lowest BCUT2D eigenvalue weighted by Crippen LogP contribution is -2.33. The molecule has 1 aromatic rings. The molecular weight excluding hydrogens is 331 g/mol. The van der Waals surface area contributed by atoms with E-state index in [1.807, 2.05) is 0 Å². The molecular formula is C16H19FN4O4. The highest BCUT2D eigenvalue weighted by Crippen LogP contribution is 2.36. The number of benzene rings is 1. The van der Waals surface area contributed by atoms with Crippen molar-refractivity contribution in [2.75, 3.05) is 37.0 Å². The maximum absolute atomic E-state index is 14.6. The van der Waals surface area contributed by atoms with Crippen LogP contribution >= 0.6 is 0 Å². The Morgan fingerprint density at radius 1 is 1.52 bits per heavy atom. The molecule has 2 aliphatic heterocycles. The van der Waals surface area contributed by atoms with Gasteiger partial charge in [-0.2, -0.15) is 0 Å². The molecule has 0 bridgehead atoms. The number of ether oxygens (including phenoxy) is 1. The summed E-state index contributed by atoms with van der Waals surface area (Å²) < 4.78 is 19.8. The molecule has 0 unspecified atom stereocenters. The summed E-state index contributed by atoms with van der Waals surface area (Å²) in [7, 11) is 3.14. The van der Waals surface area contributed by atoms with E-state index in [-0.39, 0.29) is 19.0 Å². The third kappa shape index (κ3) is 3.21. The van der Waals surface area contributed by atoms with Crippen molar-refractivity contribution >= 4 is 29.2 Å². The minimum absolute atomic E-state index is 0.203. The van der Waals surface area contributed by atoms with Crippen molar-refractivity contribution in [3.8, 4) is 0 Å². The number of rotatable bonds is 4. The van der Waals surface area contributed by atoms with Crippen LogP contribution in [0.25, 0.3) is 0 Å². The van der Waals surface area contributed by atoms with Crippen molar-refractivity contribution < 1.29 is 23.6 Å². The number of amidine groups is 1. The molecule has 25 heavy (non-hydrogen) atoms. The highest BCUT2D eigenvalue weighted by Gasteiger charge is 2.35. The summed E-state index contributed by atoms with van der Waals surface area (Å²) in [6, 6.07) is 3.04. The fraction of sp³-hybridized carbons (Fsp3) is 0.438. The number of likely N-dealkylation sites (N-methyl/N-ethyl adjacent to an activating group) is 1. The molecule has 0 radical (unpaired) electrons. The average molecular weight is 350 g/mol. The summed E-state index contributed by atoms with van der Waals surface area (Å²) in [5.74, 6) is -0.0680. The van der Waals surface area contributed by atoms with E-state index in [1.165, 1.54) is 25.0 Å². The molecule has 8 nitrogen and oxygen atoms in total. The van der Waals surface area contributed by atoms with Gasteiger partial charge >= 0.3 is 6.09 Å². The van der Waals surface area contributed by atoms with Crippen molar-refractivity contribution in [3.63, 3.8) is 0 Å². The highest BCUT2D eigenvalue weighted by molar-refractivity contribution is 6.05. The highest BCUT2D eigenvalue weighted by atomic mass is 19.1. The number of halogens is 1. The molecule has 0 saturated carbocycles. The van der Waals surface area contributed by atoms with Crippen LogP contribution in [0.5, 0.6) is 0 Å². The van der Waals surface area contributed by atoms with Gasteiger partial charge in [0.2, 0.25) is 5.91 Å². The number of nitrogens with zero attached hydrogens (tertiary/aromatic N) is 3. The third-order valence-corrected chi connectivity index (χ3v) is 4.16. The predicted octanol–water partition coefficient (Wildman–Crippen LogP) is 1.24. The van der Waals surface area contributed by atoms with Gasteiger partial charge in [-0.1, -0.05) is 5.16 Å². The summed E-state index contributed by atoms with van der Waals surface area (Å²) >= 11 is 0. The quantitative estimate of drug-likeness (QED) is 0.826. The fourth-order valence-electron chi connectivity index (χ4n) is 3.02. The molecule has 1 atom stereocenters. The number of carbonyl (C=O) groups is 2. The Labute approximate surface area is 144 Å². The standard InChI is InChI=1S/C16H19FN4O4/c1-9(22)18-7-12-8-21(16(23)25-12)11-4-10-5-14(19-24-3)20(2)15(10)13(17)6-11/h4,6,12H,5,7-8H2,1-3H3,(H,18,22)/t12-/m0/s1. The first kappa shape index (κ1) is 17.0. The lowest BCUT2D eigenvalue weighted by Gasteiger charge is -2.17. The summed E-state index contributed by atoms with van der Waals surface area (Å²) in [6.07, 6.45) is -0.629. The molecule has 2 heterocycles. The molecule has 1 aromatic carbocycles. The van der Waals surface area contributed by atoms with E-state index in [9.17, 15) is 14.0 Å². The maximum atomic E-state index is 14.6. The molecule has 1 N–H and O–H groups in total. The molecule has 2 aliphatic rings. The first-order valence-electron chi connectivity index (χ1n) is 7.79. The van der Waals surface area contributed by atoms with Crippen LogP contribution in [0.1, 0.15) is 12.5 Å². The van der Waals surface area contributed by atoms with Gasteiger partial charge in [0, 0.05) is 20.4 Å². The number of fused-ring (bicyclic) bond motifs is 1. The second-order valence-corrected chi connectivity index (χ2v) is 5.91. The molecule has 9 heteroatoms. The predicted molar refractivity (Wildman–Crippen MR) is 89.2 cm³/mol. The number of hydrogen-bond acceptors (Lipinski definition) is 5. The van der Waals surface area contributed by atoms with Crippen molar-refractivity contribution in [1.29, 1.82) is 0 Å². The molecule has 3 rings (SSSR count). The van der Waals surface area contributed by atoms with E-state index < -0.39 is 18.0 Å². The molecule has 1 saturated heterocycles. The number of oxime groups is 1. The minimum atomic E-state index is -0.563. The molecule has 0 aliphatic carbocycles. The van der Waals surface area contributed by atoms with Crippen LogP contribution in [-0.4, -0.2) is 51.2 Å². The van der Waals surface area contributed by atoms with E-state index in [0.29, 0.717) is 29.2 Å². The Balaban J connectivity index is 1.82. The number of hydrogen-bond donors (Lipinski definition) is 1. The fourth-order valence-corrected chi connectivity index (χ4v) is 3.02. The van der Waals surface area contributed by atoms with Gasteiger partial charge in [-0.15, -0.1) is 0 Å². The first-order valence-corrected chi connectivity index (χ1v) is 7.79. The van der Waals surface area contributed by atoms with Crippen LogP contribution in [0.15, 0.2) is 17.3 Å². The monoisotopic (exact) mass is 350 g/mol. The van der Waals surface area contributed by atoms with Crippen LogP contribution in [0.2, 0.25) is 0 Å². The van der Waals surface area contributed by atoms with Gasteiger partial charge in [0.05, 0.1) is 24.5 Å². The summed E-state index contributed by atoms with van der Waals surface area (Å²) in [6.45, 7) is 1.85. The van der Waals surface area contributed by atoms with Crippen LogP contribution in [0.4, 0.5) is 20.6 Å². The van der Waals surface area contributed by atoms with Crippen LogP contribution in [0, 0.1) is 5.82 Å². The Hall–Kier alpha value is -2.84. The third-order valence-electron chi connectivity index (χ3n) is 4.16. The smallest absolute Gasteiger partial charge is 0.414 e. The first-order chi connectivity index (χ1) is 11.9. The summed E-state index contributed by atoms with van der Waals surface area (Å²) in [4.78, 5) is 30.8. The molecule has 2 amide bonds. The zero-order valence-corrected chi connectivity index (χ0v) is 14.2. The van der Waals surface area contributed by atoms with E-state index in [4.69, 9.17) is 9.57 Å². The Morgan fingerprint density at radius 3 is 2.96 bits per heavy atom. The van der Waals surface area contributed by atoms with E-state index in [0.717, 1.165) is 0 Å². The van der Waals surface area contributed by atoms with E-state index >= 15 is 0 Å². The normalized spacial score (nSPS) is 20.7. The Morgan fingerprint density at radius 2 is 2.28 bits per heavy atom. The number of amides is 2. The van der Waals surface area contributed by atoms with Crippen molar-refractivity contribution in [2.24, 2.45) is 5.16 Å². The van der Waals surface area contributed by atoms with Gasteiger partial charge in [0.15, 0.2) is 5.84 Å². The SMILES string of the molecule is CON=C1Cc2cc(N3C[C@H](CNC(C)=O)OC3=O)cc(F)c2N1C. The van der Waals surface area contributed by atoms with Gasteiger partial charge in [-0.3, -0.25) is 9.69 Å². The van der Waals surface area contributed by atoms with Gasteiger partial charge in [-0.05, 0) is 17.7 Å². The lowest BCUT2D eigenvalue weighted by atomic mass is 10.1. The second-order valence-electron chi connectivity index (χ2n) is 5.91. The van der Waals surface area contributed by atoms with Crippen molar-refractivity contribution in [2.45, 2.75) is 19.4 Å². The summed E-state index contributed by atoms with van der Waals surface area (Å²) in [5, 5.41) is 6.49. The Kier molecular flexibility index (Phi) is 4.47. The topological polar surface area (TPSA) is 83.5 Å². The molecule has 134 valence electrons. The number of carbonyl (C=O) groups excluding carboxylic acids is 2. The largest absolute Gasteiger partial charge is 0.442 e. The molecule has 1 fully saturated rings. The van der Waals surface area contributed by atoms with Crippen LogP contribution in [-0.2, 0) is 20.8 Å². The summed E-state index contributed by atoms with van der Waals surface area (Å²) in [5.41, 5.74) is 1.55. The van der Waals surface area contributed by atoms with Crippen LogP contribution in [0.3, 0.4) is 0 Å². The molecule has 0 aromatic heterocycles. The number of anilines is 2. The maximum Gasteiger partial charge on any atom is 0.414 e. The Bertz CT molecular complexity index is 752. The number of cyclic esters (lactones) is 1. The van der Waals surface area contributed by atoms with Gasteiger partial charge < -0.3 is 19.8 Å². The van der Waals surface area contributed by atoms with Crippen molar-refractivity contribution in [1.82, 2.24) is 5.32 Å². The molecule has 0 spiro atoms. The van der Waals surface area contributed by atoms with Gasteiger partial charge in [0.1, 0.15) is 19.0 Å². The van der Waals surface area contributed by atoms with Crippen LogP contribution < -0.4 is 15.1 Å². The lowest BCUT2D eigenvalue weighted by molar-refractivity contribution is -0.119. The van der Waals surface area contributed by atoms with E-state index in [1.54, 1.807) is 18.0 Å².